The number of anilines is 1. The van der Waals surface area contributed by atoms with Gasteiger partial charge in [-0.2, -0.15) is 12.7 Å². The summed E-state index contributed by atoms with van der Waals surface area (Å²) in [5, 5.41) is 0. The molecule has 7 nitrogen and oxygen atoms in total. The summed E-state index contributed by atoms with van der Waals surface area (Å²) >= 11 is 0. The van der Waals surface area contributed by atoms with Gasteiger partial charge in [-0.3, -0.25) is 14.1 Å². The van der Waals surface area contributed by atoms with Gasteiger partial charge in [0, 0.05) is 37.3 Å². The first-order chi connectivity index (χ1) is 16.1. The summed E-state index contributed by atoms with van der Waals surface area (Å²) in [4.78, 5) is 16.5. The van der Waals surface area contributed by atoms with Crippen LogP contribution in [0.1, 0.15) is 59.3 Å². The van der Waals surface area contributed by atoms with E-state index in [0.717, 1.165) is 43.4 Å². The lowest BCUT2D eigenvalue weighted by Gasteiger charge is -2.34. The lowest BCUT2D eigenvalue weighted by atomic mass is 9.83. The molecule has 2 atom stereocenters. The number of hydrogen-bond donors (Lipinski definition) is 0. The average molecular weight is 486 g/mol. The highest BCUT2D eigenvalue weighted by Crippen LogP contribution is 2.36. The van der Waals surface area contributed by atoms with E-state index in [1.807, 2.05) is 63.2 Å². The second-order valence-electron chi connectivity index (χ2n) is 10.3. The van der Waals surface area contributed by atoms with Crippen molar-refractivity contribution in [2.45, 2.75) is 70.9 Å². The first-order valence-corrected chi connectivity index (χ1v) is 13.6. The second-order valence-corrected chi connectivity index (χ2v) is 12.1. The summed E-state index contributed by atoms with van der Waals surface area (Å²) in [5.41, 5.74) is 1.90. The van der Waals surface area contributed by atoms with Gasteiger partial charge in [-0.25, -0.2) is 0 Å². The van der Waals surface area contributed by atoms with E-state index in [0.29, 0.717) is 31.1 Å². The zero-order valence-corrected chi connectivity index (χ0v) is 21.1. The van der Waals surface area contributed by atoms with Crippen LogP contribution in [0.5, 0.6) is 0 Å². The van der Waals surface area contributed by atoms with Gasteiger partial charge in [-0.1, -0.05) is 31.0 Å². The molecule has 1 saturated heterocycles. The molecule has 0 radical (unpaired) electrons. The van der Waals surface area contributed by atoms with E-state index in [1.165, 1.54) is 4.31 Å². The Labute approximate surface area is 203 Å². The Morgan fingerprint density at radius 2 is 1.94 bits per heavy atom. The van der Waals surface area contributed by atoms with E-state index in [4.69, 9.17) is 4.74 Å². The van der Waals surface area contributed by atoms with Gasteiger partial charge in [-0.15, -0.1) is 0 Å². The van der Waals surface area contributed by atoms with Crippen LogP contribution in [0.3, 0.4) is 0 Å². The number of esters is 1. The van der Waals surface area contributed by atoms with Gasteiger partial charge in [0.05, 0.1) is 11.4 Å². The summed E-state index contributed by atoms with van der Waals surface area (Å²) < 4.78 is 35.7. The predicted octanol–water partition coefficient (Wildman–Crippen LogP) is 4.80. The van der Waals surface area contributed by atoms with Gasteiger partial charge in [0.1, 0.15) is 5.60 Å². The lowest BCUT2D eigenvalue weighted by molar-refractivity contribution is -0.155. The van der Waals surface area contributed by atoms with Crippen LogP contribution in [0, 0.1) is 5.92 Å². The van der Waals surface area contributed by atoms with E-state index >= 15 is 0 Å². The van der Waals surface area contributed by atoms with E-state index < -0.39 is 15.8 Å². The molecule has 0 N–H and O–H groups in total. The van der Waals surface area contributed by atoms with Gasteiger partial charge in [0.2, 0.25) is 0 Å². The molecule has 184 valence electrons. The van der Waals surface area contributed by atoms with Crippen molar-refractivity contribution in [3.8, 4) is 11.3 Å². The highest BCUT2D eigenvalue weighted by molar-refractivity contribution is 7.90. The molecule has 1 saturated carbocycles. The van der Waals surface area contributed by atoms with E-state index in [9.17, 15) is 13.2 Å². The number of carbonyl (C=O) groups is 1. The Balaban J connectivity index is 1.42. The monoisotopic (exact) mass is 485 g/mol. The fraction of sp³-hybridized carbons (Fsp3) is 0.538. The maximum absolute atomic E-state index is 13.5. The van der Waals surface area contributed by atoms with E-state index in [-0.39, 0.29) is 12.0 Å². The molecule has 1 aliphatic heterocycles. The number of hydrogen-bond acceptors (Lipinski definition) is 5. The smallest absolute Gasteiger partial charge is 0.306 e. The molecule has 1 aliphatic carbocycles. The number of aromatic nitrogens is 1. The van der Waals surface area contributed by atoms with Crippen molar-refractivity contribution in [3.63, 3.8) is 0 Å². The van der Waals surface area contributed by atoms with Crippen molar-refractivity contribution < 1.29 is 17.9 Å². The van der Waals surface area contributed by atoms with Gasteiger partial charge in [0.15, 0.2) is 0 Å². The Morgan fingerprint density at radius 3 is 2.68 bits per heavy atom. The molecular weight excluding hydrogens is 450 g/mol. The first-order valence-electron chi connectivity index (χ1n) is 12.2. The summed E-state index contributed by atoms with van der Waals surface area (Å²) in [6.07, 6.45) is 6.53. The van der Waals surface area contributed by atoms with Crippen molar-refractivity contribution in [2.24, 2.45) is 5.92 Å². The highest BCUT2D eigenvalue weighted by atomic mass is 32.2. The first kappa shape index (κ1) is 24.7. The number of ether oxygens (including phenoxy) is 1. The molecule has 8 heteroatoms. The highest BCUT2D eigenvalue weighted by Gasteiger charge is 2.42. The lowest BCUT2D eigenvalue weighted by Crippen LogP contribution is -2.42. The van der Waals surface area contributed by atoms with Crippen molar-refractivity contribution in [1.82, 2.24) is 9.29 Å². The number of nitrogens with zero attached hydrogens (tertiary/aromatic N) is 3. The molecule has 1 unspecified atom stereocenters. The molecule has 4 rings (SSSR count). The summed E-state index contributed by atoms with van der Waals surface area (Å²) in [6.45, 7) is 6.54. The van der Waals surface area contributed by atoms with Crippen molar-refractivity contribution in [3.05, 3.63) is 48.7 Å². The molecule has 34 heavy (non-hydrogen) atoms. The Bertz CT molecular complexity index is 1100. The number of pyridine rings is 1. The third-order valence-electron chi connectivity index (χ3n) is 6.53. The third kappa shape index (κ3) is 5.78. The van der Waals surface area contributed by atoms with Crippen LogP contribution in [-0.4, -0.2) is 48.4 Å². The standard InChI is InChI=1S/C26H35N3O4S/c1-26(2,3)33-25(30)14-13-20-8-6-10-22(18-20)28-16-17-29(34(28,31)32)23-11-7-9-21(19-23)24-12-4-5-15-27-24/h4-5,7,9,11-12,15,19-20,22H,6,8,10,13-14,16-18H2,1-3H3/t20?,22-/m0/s1. The van der Waals surface area contributed by atoms with Gasteiger partial charge < -0.3 is 4.74 Å². The normalized spacial score (nSPS) is 23.1. The van der Waals surface area contributed by atoms with Gasteiger partial charge >= 0.3 is 16.2 Å². The molecule has 2 heterocycles. The van der Waals surface area contributed by atoms with Crippen LogP contribution in [0.4, 0.5) is 5.69 Å². The topological polar surface area (TPSA) is 79.8 Å². The molecule has 2 aliphatic rings. The largest absolute Gasteiger partial charge is 0.460 e. The molecule has 0 bridgehead atoms. The average Bonchev–Trinajstić information content (AvgIpc) is 3.12. The number of benzene rings is 1. The van der Waals surface area contributed by atoms with Crippen LogP contribution in [0.25, 0.3) is 11.3 Å². The van der Waals surface area contributed by atoms with E-state index in [1.54, 1.807) is 10.5 Å². The van der Waals surface area contributed by atoms with Crippen molar-refractivity contribution in [1.29, 1.82) is 0 Å². The van der Waals surface area contributed by atoms with Gasteiger partial charge in [-0.05, 0) is 70.2 Å². The van der Waals surface area contributed by atoms with Crippen molar-refractivity contribution in [2.75, 3.05) is 17.4 Å². The molecule has 1 aromatic heterocycles. The van der Waals surface area contributed by atoms with Crippen LogP contribution in [-0.2, 0) is 19.7 Å². The van der Waals surface area contributed by atoms with Crippen LogP contribution in [0.15, 0.2) is 48.7 Å². The minimum Gasteiger partial charge on any atom is -0.460 e. The van der Waals surface area contributed by atoms with Crippen LogP contribution >= 0.6 is 0 Å². The Kier molecular flexibility index (Phi) is 7.28. The fourth-order valence-electron chi connectivity index (χ4n) is 5.03. The molecule has 2 aromatic rings. The molecule has 2 fully saturated rings. The van der Waals surface area contributed by atoms with E-state index in [2.05, 4.69) is 4.98 Å². The summed E-state index contributed by atoms with van der Waals surface area (Å²) in [7, 11) is -3.60. The summed E-state index contributed by atoms with van der Waals surface area (Å²) in [6, 6.07) is 13.3. The Hall–Kier alpha value is -2.45. The maximum atomic E-state index is 13.5. The zero-order valence-electron chi connectivity index (χ0n) is 20.3. The molecule has 0 spiro atoms. The minimum atomic E-state index is -3.60. The second kappa shape index (κ2) is 10.0. The fourth-order valence-corrected chi connectivity index (χ4v) is 6.86. The Morgan fingerprint density at radius 1 is 1.12 bits per heavy atom. The maximum Gasteiger partial charge on any atom is 0.306 e. The van der Waals surface area contributed by atoms with Gasteiger partial charge in [0.25, 0.3) is 0 Å². The number of rotatable bonds is 6. The predicted molar refractivity (Wildman–Crippen MR) is 133 cm³/mol. The molecule has 0 amide bonds. The van der Waals surface area contributed by atoms with Crippen molar-refractivity contribution >= 4 is 21.9 Å². The SMILES string of the molecule is CC(C)(C)OC(=O)CCC1CCC[C@H](N2CCN(c3cccc(-c4ccccn4)c3)S2(=O)=O)C1. The summed E-state index contributed by atoms with van der Waals surface area (Å²) in [5.74, 6) is 0.158. The van der Waals surface area contributed by atoms with Crippen LogP contribution in [0.2, 0.25) is 0 Å². The molecule has 1 aromatic carbocycles. The zero-order chi connectivity index (χ0) is 24.3. The third-order valence-corrected chi connectivity index (χ3v) is 8.56. The number of carbonyl (C=O) groups excluding carboxylic acids is 1. The minimum absolute atomic E-state index is 0.0219. The molecular formula is C26H35N3O4S. The quantitative estimate of drug-likeness (QED) is 0.549. The van der Waals surface area contributed by atoms with Crippen LogP contribution < -0.4 is 4.31 Å².